The van der Waals surface area contributed by atoms with Crippen molar-refractivity contribution in [1.29, 1.82) is 0 Å². The van der Waals surface area contributed by atoms with Crippen LogP contribution in [0.25, 0.3) is 0 Å². The molecule has 98 valence electrons. The maximum Gasteiger partial charge on any atom is 0.335 e. The first-order chi connectivity index (χ1) is 8.61. The Morgan fingerprint density at radius 3 is 2.94 bits per heavy atom. The van der Waals surface area contributed by atoms with Gasteiger partial charge in [0.2, 0.25) is 0 Å². The van der Waals surface area contributed by atoms with Crippen LogP contribution in [-0.2, 0) is 0 Å². The summed E-state index contributed by atoms with van der Waals surface area (Å²) >= 11 is 3.48. The fourth-order valence-electron chi connectivity index (χ4n) is 2.59. The molecule has 0 radical (unpaired) electrons. The van der Waals surface area contributed by atoms with Crippen LogP contribution in [0.1, 0.15) is 36.5 Å². The van der Waals surface area contributed by atoms with E-state index in [1.807, 2.05) is 6.07 Å². The van der Waals surface area contributed by atoms with E-state index in [1.165, 1.54) is 19.3 Å². The lowest BCUT2D eigenvalue weighted by Gasteiger charge is -2.20. The van der Waals surface area contributed by atoms with Gasteiger partial charge in [0.25, 0.3) is 0 Å². The van der Waals surface area contributed by atoms with Crippen LogP contribution in [0.15, 0.2) is 22.7 Å². The van der Waals surface area contributed by atoms with E-state index in [1.54, 1.807) is 12.1 Å². The van der Waals surface area contributed by atoms with Crippen LogP contribution in [0.2, 0.25) is 0 Å². The molecule has 1 aromatic carbocycles. The van der Waals surface area contributed by atoms with Gasteiger partial charge in [0.1, 0.15) is 0 Å². The number of carboxylic acid groups (broad SMARTS) is 1. The van der Waals surface area contributed by atoms with E-state index in [-0.39, 0.29) is 0 Å². The molecule has 1 aliphatic rings. The Labute approximate surface area is 116 Å². The number of nitrogens with zero attached hydrogens (tertiary/aromatic N) is 1. The Balaban J connectivity index is 2.12. The van der Waals surface area contributed by atoms with Gasteiger partial charge in [-0.25, -0.2) is 4.79 Å². The van der Waals surface area contributed by atoms with Gasteiger partial charge in [-0.3, -0.25) is 0 Å². The standard InChI is InChI=1S/C14H18BrNO2/c1-2-3-10-6-7-16(9-10)13-5-4-11(14(17)18)8-12(13)15/h4-5,8,10H,2-3,6-7,9H2,1H3,(H,17,18). The molecular weight excluding hydrogens is 294 g/mol. The summed E-state index contributed by atoms with van der Waals surface area (Å²) < 4.78 is 0.875. The SMILES string of the molecule is CCCC1CCN(c2ccc(C(=O)O)cc2Br)C1. The second-order valence-corrected chi connectivity index (χ2v) is 5.72. The summed E-state index contributed by atoms with van der Waals surface area (Å²) in [6, 6.07) is 5.27. The number of anilines is 1. The molecule has 18 heavy (non-hydrogen) atoms. The van der Waals surface area contributed by atoms with Crippen molar-refractivity contribution in [3.05, 3.63) is 28.2 Å². The number of benzene rings is 1. The summed E-state index contributed by atoms with van der Waals surface area (Å²) in [5, 5.41) is 8.94. The Hall–Kier alpha value is -1.03. The van der Waals surface area contributed by atoms with Crippen molar-refractivity contribution in [1.82, 2.24) is 0 Å². The summed E-state index contributed by atoms with van der Waals surface area (Å²) in [6.45, 7) is 4.37. The first-order valence-corrected chi connectivity index (χ1v) is 7.19. The minimum Gasteiger partial charge on any atom is -0.478 e. The second kappa shape index (κ2) is 5.74. The molecular formula is C14H18BrNO2. The molecule has 1 saturated heterocycles. The van der Waals surface area contributed by atoms with Gasteiger partial charge in [0.15, 0.2) is 0 Å². The fraction of sp³-hybridized carbons (Fsp3) is 0.500. The highest BCUT2D eigenvalue weighted by molar-refractivity contribution is 9.10. The van der Waals surface area contributed by atoms with Crippen molar-refractivity contribution in [2.75, 3.05) is 18.0 Å². The Morgan fingerprint density at radius 2 is 2.33 bits per heavy atom. The largest absolute Gasteiger partial charge is 0.478 e. The molecule has 0 bridgehead atoms. The minimum absolute atomic E-state index is 0.329. The Kier molecular flexibility index (Phi) is 4.27. The van der Waals surface area contributed by atoms with Gasteiger partial charge < -0.3 is 10.0 Å². The number of halogens is 1. The molecule has 1 atom stereocenters. The van der Waals surface area contributed by atoms with Crippen LogP contribution in [0.5, 0.6) is 0 Å². The molecule has 3 nitrogen and oxygen atoms in total. The minimum atomic E-state index is -0.882. The second-order valence-electron chi connectivity index (χ2n) is 4.86. The average molecular weight is 312 g/mol. The summed E-state index contributed by atoms with van der Waals surface area (Å²) in [4.78, 5) is 13.2. The molecule has 1 unspecified atom stereocenters. The van der Waals surface area contributed by atoms with Crippen LogP contribution < -0.4 is 4.90 Å². The first kappa shape index (κ1) is 13.4. The highest BCUT2D eigenvalue weighted by atomic mass is 79.9. The molecule has 1 aliphatic heterocycles. The normalized spacial score (nSPS) is 19.2. The van der Waals surface area contributed by atoms with Gasteiger partial charge in [-0.2, -0.15) is 0 Å². The maximum atomic E-state index is 10.9. The van der Waals surface area contributed by atoms with E-state index < -0.39 is 5.97 Å². The molecule has 1 fully saturated rings. The maximum absolute atomic E-state index is 10.9. The highest BCUT2D eigenvalue weighted by Crippen LogP contribution is 2.32. The van der Waals surface area contributed by atoms with E-state index in [9.17, 15) is 4.79 Å². The van der Waals surface area contributed by atoms with Gasteiger partial charge in [-0.05, 0) is 52.9 Å². The van der Waals surface area contributed by atoms with E-state index in [2.05, 4.69) is 27.8 Å². The summed E-state index contributed by atoms with van der Waals surface area (Å²) in [7, 11) is 0. The predicted molar refractivity (Wildman–Crippen MR) is 76.3 cm³/mol. The van der Waals surface area contributed by atoms with E-state index >= 15 is 0 Å². The molecule has 0 spiro atoms. The molecule has 1 N–H and O–H groups in total. The van der Waals surface area contributed by atoms with Gasteiger partial charge >= 0.3 is 5.97 Å². The van der Waals surface area contributed by atoms with Crippen molar-refractivity contribution in [2.24, 2.45) is 5.92 Å². The van der Waals surface area contributed by atoms with Gasteiger partial charge in [-0.15, -0.1) is 0 Å². The highest BCUT2D eigenvalue weighted by Gasteiger charge is 2.23. The van der Waals surface area contributed by atoms with Crippen LogP contribution in [0.3, 0.4) is 0 Å². The van der Waals surface area contributed by atoms with Crippen LogP contribution >= 0.6 is 15.9 Å². The van der Waals surface area contributed by atoms with Crippen molar-refractivity contribution in [2.45, 2.75) is 26.2 Å². The fourth-order valence-corrected chi connectivity index (χ4v) is 3.22. The predicted octanol–water partition coefficient (Wildman–Crippen LogP) is 3.77. The molecule has 4 heteroatoms. The lowest BCUT2D eigenvalue weighted by Crippen LogP contribution is -2.20. The van der Waals surface area contributed by atoms with Gasteiger partial charge in [-0.1, -0.05) is 13.3 Å². The number of carboxylic acids is 1. The number of hydrogen-bond acceptors (Lipinski definition) is 2. The van der Waals surface area contributed by atoms with Crippen molar-refractivity contribution >= 4 is 27.6 Å². The van der Waals surface area contributed by atoms with E-state index in [0.29, 0.717) is 5.56 Å². The topological polar surface area (TPSA) is 40.5 Å². The molecule has 0 aliphatic carbocycles. The summed E-state index contributed by atoms with van der Waals surface area (Å²) in [5.74, 6) is -0.103. The molecule has 0 saturated carbocycles. The van der Waals surface area contributed by atoms with Gasteiger partial charge in [0.05, 0.1) is 11.3 Å². The summed E-state index contributed by atoms with van der Waals surface area (Å²) in [6.07, 6.45) is 3.75. The smallest absolute Gasteiger partial charge is 0.335 e. The zero-order chi connectivity index (χ0) is 13.1. The third-order valence-electron chi connectivity index (χ3n) is 3.52. The van der Waals surface area contributed by atoms with E-state index in [4.69, 9.17) is 5.11 Å². The quantitative estimate of drug-likeness (QED) is 0.920. The Morgan fingerprint density at radius 1 is 1.56 bits per heavy atom. The molecule has 1 aromatic rings. The van der Waals surface area contributed by atoms with Crippen molar-refractivity contribution < 1.29 is 9.90 Å². The van der Waals surface area contributed by atoms with Crippen LogP contribution in [-0.4, -0.2) is 24.2 Å². The Bertz CT molecular complexity index is 447. The molecule has 0 amide bonds. The third-order valence-corrected chi connectivity index (χ3v) is 4.15. The first-order valence-electron chi connectivity index (χ1n) is 6.39. The number of carbonyl (C=O) groups is 1. The van der Waals surface area contributed by atoms with Crippen LogP contribution in [0, 0.1) is 5.92 Å². The third kappa shape index (κ3) is 2.86. The lowest BCUT2D eigenvalue weighted by molar-refractivity contribution is 0.0697. The zero-order valence-electron chi connectivity index (χ0n) is 10.5. The van der Waals surface area contributed by atoms with Crippen molar-refractivity contribution in [3.63, 3.8) is 0 Å². The van der Waals surface area contributed by atoms with Crippen molar-refractivity contribution in [3.8, 4) is 0 Å². The van der Waals surface area contributed by atoms with E-state index in [0.717, 1.165) is 29.2 Å². The molecule has 1 heterocycles. The number of aromatic carboxylic acids is 1. The molecule has 0 aromatic heterocycles. The van der Waals surface area contributed by atoms with Gasteiger partial charge in [0, 0.05) is 17.6 Å². The molecule has 2 rings (SSSR count). The number of hydrogen-bond donors (Lipinski definition) is 1. The lowest BCUT2D eigenvalue weighted by atomic mass is 10.0. The van der Waals surface area contributed by atoms with Crippen LogP contribution in [0.4, 0.5) is 5.69 Å². The average Bonchev–Trinajstić information content (AvgIpc) is 2.77. The monoisotopic (exact) mass is 311 g/mol. The number of rotatable bonds is 4. The summed E-state index contributed by atoms with van der Waals surface area (Å²) in [5.41, 5.74) is 1.44. The zero-order valence-corrected chi connectivity index (χ0v) is 12.1.